The van der Waals surface area contributed by atoms with Crippen LogP contribution >= 0.6 is 0 Å². The molecule has 0 bridgehead atoms. The number of piperazine rings is 1. The molecule has 1 fully saturated rings. The molecule has 1 saturated heterocycles. The average Bonchev–Trinajstić information content (AvgIpc) is 2.48. The number of nitrogens with zero attached hydrogens (tertiary/aromatic N) is 2. The third kappa shape index (κ3) is 9.60. The van der Waals surface area contributed by atoms with Crippen LogP contribution in [0.3, 0.4) is 0 Å². The quantitative estimate of drug-likeness (QED) is 0.501. The molecule has 0 atom stereocenters. The van der Waals surface area contributed by atoms with Crippen molar-refractivity contribution < 1.29 is 14.3 Å². The minimum absolute atomic E-state index is 0.169. The van der Waals surface area contributed by atoms with Crippen molar-refractivity contribution in [2.24, 2.45) is 10.8 Å². The number of carbonyl (C=O) groups excluding carboxylic acids is 1. The molecule has 1 aliphatic heterocycles. The first-order valence-electron chi connectivity index (χ1n) is 9.28. The largest absolute Gasteiger partial charge is 0.463 e. The van der Waals surface area contributed by atoms with Gasteiger partial charge in [0.1, 0.15) is 6.61 Å². The van der Waals surface area contributed by atoms with Crippen molar-refractivity contribution in [2.75, 3.05) is 59.1 Å². The van der Waals surface area contributed by atoms with Crippen LogP contribution in [0.1, 0.15) is 48.0 Å². The van der Waals surface area contributed by atoms with E-state index in [0.29, 0.717) is 25.2 Å². The Hall–Kier alpha value is -0.650. The van der Waals surface area contributed by atoms with Crippen LogP contribution in [0.25, 0.3) is 0 Å². The van der Waals surface area contributed by atoms with E-state index in [9.17, 15) is 4.79 Å². The molecule has 0 aromatic rings. The second-order valence-corrected chi connectivity index (χ2v) is 8.99. The van der Waals surface area contributed by atoms with Gasteiger partial charge >= 0.3 is 5.97 Å². The average molecular weight is 343 g/mol. The Balaban J connectivity index is 2.01. The van der Waals surface area contributed by atoms with Gasteiger partial charge in [-0.05, 0) is 39.2 Å². The molecule has 1 rings (SSSR count). The molecule has 5 nitrogen and oxygen atoms in total. The first-order chi connectivity index (χ1) is 11.1. The first kappa shape index (κ1) is 21.4. The molecular weight excluding hydrogens is 304 g/mol. The number of esters is 1. The zero-order chi connectivity index (χ0) is 18.2. The van der Waals surface area contributed by atoms with Crippen LogP contribution < -0.4 is 0 Å². The summed E-state index contributed by atoms with van der Waals surface area (Å²) in [7, 11) is 0. The smallest absolute Gasteiger partial charge is 0.311 e. The minimum atomic E-state index is -0.438. The molecule has 0 aromatic carbocycles. The van der Waals surface area contributed by atoms with E-state index in [-0.39, 0.29) is 5.97 Å². The first-order valence-corrected chi connectivity index (χ1v) is 9.28. The molecular formula is C19H38N2O3. The topological polar surface area (TPSA) is 42.0 Å². The van der Waals surface area contributed by atoms with E-state index in [4.69, 9.17) is 9.47 Å². The van der Waals surface area contributed by atoms with Crippen molar-refractivity contribution in [1.82, 2.24) is 9.80 Å². The van der Waals surface area contributed by atoms with Gasteiger partial charge in [-0.15, -0.1) is 0 Å². The van der Waals surface area contributed by atoms with E-state index in [1.807, 2.05) is 20.8 Å². The van der Waals surface area contributed by atoms with Crippen LogP contribution in [0, 0.1) is 10.8 Å². The SMILES string of the molecule is CC(C)(C)CCN1CCN(CCOCCOC(=O)C(C)(C)C)CC1. The van der Waals surface area contributed by atoms with Gasteiger partial charge in [-0.2, -0.15) is 0 Å². The van der Waals surface area contributed by atoms with Gasteiger partial charge in [0.25, 0.3) is 0 Å². The third-order valence-corrected chi connectivity index (χ3v) is 4.27. The van der Waals surface area contributed by atoms with Crippen LogP contribution in [0.4, 0.5) is 0 Å². The van der Waals surface area contributed by atoms with E-state index in [0.717, 1.165) is 32.7 Å². The summed E-state index contributed by atoms with van der Waals surface area (Å²) in [5.74, 6) is -0.169. The summed E-state index contributed by atoms with van der Waals surface area (Å²) >= 11 is 0. The highest BCUT2D eigenvalue weighted by molar-refractivity contribution is 5.75. The normalized spacial score (nSPS) is 17.9. The Morgan fingerprint density at radius 1 is 0.833 bits per heavy atom. The van der Waals surface area contributed by atoms with Crippen molar-refractivity contribution in [3.63, 3.8) is 0 Å². The van der Waals surface area contributed by atoms with Crippen LogP contribution in [0.15, 0.2) is 0 Å². The molecule has 5 heteroatoms. The lowest BCUT2D eigenvalue weighted by Crippen LogP contribution is -2.47. The van der Waals surface area contributed by atoms with E-state index >= 15 is 0 Å². The molecule has 0 saturated carbocycles. The predicted octanol–water partition coefficient (Wildman–Crippen LogP) is 2.65. The molecule has 0 aromatic heterocycles. The third-order valence-electron chi connectivity index (χ3n) is 4.27. The van der Waals surface area contributed by atoms with Crippen LogP contribution in [-0.2, 0) is 14.3 Å². The van der Waals surface area contributed by atoms with Crippen molar-refractivity contribution >= 4 is 5.97 Å². The number of hydrogen-bond donors (Lipinski definition) is 0. The lowest BCUT2D eigenvalue weighted by molar-refractivity contribution is -0.154. The molecule has 0 N–H and O–H groups in total. The van der Waals surface area contributed by atoms with Gasteiger partial charge in [0.05, 0.1) is 18.6 Å². The summed E-state index contributed by atoms with van der Waals surface area (Å²) in [4.78, 5) is 16.6. The fourth-order valence-corrected chi connectivity index (χ4v) is 2.44. The van der Waals surface area contributed by atoms with Crippen molar-refractivity contribution in [3.8, 4) is 0 Å². The summed E-state index contributed by atoms with van der Waals surface area (Å²) in [6, 6.07) is 0. The molecule has 24 heavy (non-hydrogen) atoms. The number of hydrogen-bond acceptors (Lipinski definition) is 5. The minimum Gasteiger partial charge on any atom is -0.463 e. The van der Waals surface area contributed by atoms with Gasteiger partial charge in [-0.25, -0.2) is 0 Å². The molecule has 0 aliphatic carbocycles. The predicted molar refractivity (Wildman–Crippen MR) is 98.2 cm³/mol. The summed E-state index contributed by atoms with van der Waals surface area (Å²) < 4.78 is 10.8. The number of rotatable bonds is 8. The van der Waals surface area contributed by atoms with Gasteiger partial charge in [0.15, 0.2) is 0 Å². The van der Waals surface area contributed by atoms with Gasteiger partial charge in [-0.1, -0.05) is 20.8 Å². The van der Waals surface area contributed by atoms with Gasteiger partial charge in [0.2, 0.25) is 0 Å². The summed E-state index contributed by atoms with van der Waals surface area (Å²) in [6.07, 6.45) is 1.25. The Morgan fingerprint density at radius 3 is 1.88 bits per heavy atom. The highest BCUT2D eigenvalue weighted by Crippen LogP contribution is 2.19. The molecule has 142 valence electrons. The van der Waals surface area contributed by atoms with Gasteiger partial charge in [-0.3, -0.25) is 9.69 Å². The lowest BCUT2D eigenvalue weighted by Gasteiger charge is -2.35. The second kappa shape index (κ2) is 9.73. The Kier molecular flexibility index (Phi) is 8.68. The molecule has 0 unspecified atom stereocenters. The molecule has 1 heterocycles. The van der Waals surface area contributed by atoms with Crippen LogP contribution in [0.5, 0.6) is 0 Å². The number of carbonyl (C=O) groups is 1. The fraction of sp³-hybridized carbons (Fsp3) is 0.947. The maximum atomic E-state index is 11.6. The lowest BCUT2D eigenvalue weighted by atomic mass is 9.92. The zero-order valence-electron chi connectivity index (χ0n) is 16.7. The summed E-state index contributed by atoms with van der Waals surface area (Å²) in [6.45, 7) is 20.7. The van der Waals surface area contributed by atoms with Crippen LogP contribution in [-0.4, -0.2) is 74.9 Å². The maximum absolute atomic E-state index is 11.6. The Morgan fingerprint density at radius 2 is 1.38 bits per heavy atom. The zero-order valence-corrected chi connectivity index (χ0v) is 16.7. The van der Waals surface area contributed by atoms with Crippen LogP contribution in [0.2, 0.25) is 0 Å². The van der Waals surface area contributed by atoms with E-state index in [1.54, 1.807) is 0 Å². The summed E-state index contributed by atoms with van der Waals surface area (Å²) in [5, 5.41) is 0. The van der Waals surface area contributed by atoms with E-state index < -0.39 is 5.41 Å². The van der Waals surface area contributed by atoms with Crippen molar-refractivity contribution in [3.05, 3.63) is 0 Å². The Bertz CT molecular complexity index is 364. The Labute approximate surface area is 148 Å². The van der Waals surface area contributed by atoms with E-state index in [1.165, 1.54) is 13.0 Å². The standard InChI is InChI=1S/C19H38N2O3/c1-18(2,3)7-8-20-9-11-21(12-10-20)13-14-23-15-16-24-17(22)19(4,5)6/h7-16H2,1-6H3. The van der Waals surface area contributed by atoms with E-state index in [2.05, 4.69) is 30.6 Å². The molecule has 1 aliphatic rings. The monoisotopic (exact) mass is 342 g/mol. The highest BCUT2D eigenvalue weighted by atomic mass is 16.6. The fourth-order valence-electron chi connectivity index (χ4n) is 2.44. The second-order valence-electron chi connectivity index (χ2n) is 8.99. The molecule has 0 radical (unpaired) electrons. The summed E-state index contributed by atoms with van der Waals surface area (Å²) in [5.41, 5.74) is -0.0198. The molecule has 0 spiro atoms. The van der Waals surface area contributed by atoms with Crippen molar-refractivity contribution in [1.29, 1.82) is 0 Å². The van der Waals surface area contributed by atoms with Gasteiger partial charge < -0.3 is 14.4 Å². The highest BCUT2D eigenvalue weighted by Gasteiger charge is 2.22. The number of ether oxygens (including phenoxy) is 2. The maximum Gasteiger partial charge on any atom is 0.311 e. The molecule has 0 amide bonds. The van der Waals surface area contributed by atoms with Crippen molar-refractivity contribution in [2.45, 2.75) is 48.0 Å². The van der Waals surface area contributed by atoms with Gasteiger partial charge in [0, 0.05) is 32.7 Å².